The molecule has 2 aliphatic rings. The quantitative estimate of drug-likeness (QED) is 0.861. The van der Waals surface area contributed by atoms with Crippen LogP contribution in [-0.4, -0.2) is 23.4 Å². The second kappa shape index (κ2) is 6.04. The van der Waals surface area contributed by atoms with Gasteiger partial charge in [-0.15, -0.1) is 0 Å². The van der Waals surface area contributed by atoms with E-state index in [4.69, 9.17) is 5.73 Å². The van der Waals surface area contributed by atoms with Crippen LogP contribution in [0.15, 0.2) is 18.2 Å². The number of hydrogen-bond acceptors (Lipinski definition) is 2. The highest BCUT2D eigenvalue weighted by Gasteiger charge is 2.34. The minimum atomic E-state index is -0.461. The Hall–Kier alpha value is -1.58. The predicted molar refractivity (Wildman–Crippen MR) is 81.4 cm³/mol. The third-order valence-corrected chi connectivity index (χ3v) is 4.67. The Kier molecular flexibility index (Phi) is 4.13. The van der Waals surface area contributed by atoms with Gasteiger partial charge in [0.1, 0.15) is 5.82 Å². The standard InChI is InChI=1S/C17H23FN2O/c18-15-9-6-13(10-16(15)19)17(21)20(14-7-8-14)11-12-4-2-1-3-5-12/h6,9-10,12,14H,1-5,7-8,11,19H2. The van der Waals surface area contributed by atoms with Gasteiger partial charge in [0, 0.05) is 18.2 Å². The van der Waals surface area contributed by atoms with Gasteiger partial charge in [-0.2, -0.15) is 0 Å². The summed E-state index contributed by atoms with van der Waals surface area (Å²) in [6.45, 7) is 0.848. The van der Waals surface area contributed by atoms with Crippen molar-refractivity contribution >= 4 is 11.6 Å². The minimum absolute atomic E-state index is 0.00905. The van der Waals surface area contributed by atoms with Crippen molar-refractivity contribution in [3.05, 3.63) is 29.6 Å². The van der Waals surface area contributed by atoms with Gasteiger partial charge in [-0.25, -0.2) is 4.39 Å². The average Bonchev–Trinajstić information content (AvgIpc) is 3.33. The predicted octanol–water partition coefficient (Wildman–Crippen LogP) is 3.59. The van der Waals surface area contributed by atoms with E-state index in [-0.39, 0.29) is 11.6 Å². The largest absolute Gasteiger partial charge is 0.396 e. The molecule has 0 aromatic heterocycles. The molecule has 0 saturated heterocycles. The average molecular weight is 290 g/mol. The highest BCUT2D eigenvalue weighted by atomic mass is 19.1. The molecule has 3 rings (SSSR count). The molecule has 114 valence electrons. The lowest BCUT2D eigenvalue weighted by molar-refractivity contribution is 0.0699. The fourth-order valence-electron chi connectivity index (χ4n) is 3.27. The Balaban J connectivity index is 1.73. The van der Waals surface area contributed by atoms with Crippen LogP contribution in [0.4, 0.5) is 10.1 Å². The maximum atomic E-state index is 13.3. The van der Waals surface area contributed by atoms with Gasteiger partial charge < -0.3 is 10.6 Å². The van der Waals surface area contributed by atoms with Crippen LogP contribution < -0.4 is 5.73 Å². The summed E-state index contributed by atoms with van der Waals surface area (Å²) in [6.07, 6.45) is 8.51. The molecule has 2 saturated carbocycles. The molecule has 3 nitrogen and oxygen atoms in total. The number of rotatable bonds is 4. The summed E-state index contributed by atoms with van der Waals surface area (Å²) in [6, 6.07) is 4.68. The third kappa shape index (κ3) is 3.36. The highest BCUT2D eigenvalue weighted by Crippen LogP contribution is 2.32. The molecule has 0 heterocycles. The van der Waals surface area contributed by atoms with Gasteiger partial charge in [0.2, 0.25) is 0 Å². The Bertz CT molecular complexity index is 522. The van der Waals surface area contributed by atoms with Crippen molar-refractivity contribution in [2.75, 3.05) is 12.3 Å². The molecule has 21 heavy (non-hydrogen) atoms. The number of halogens is 1. The molecular weight excluding hydrogens is 267 g/mol. The summed E-state index contributed by atoms with van der Waals surface area (Å²) in [7, 11) is 0. The van der Waals surface area contributed by atoms with Crippen molar-refractivity contribution in [1.82, 2.24) is 4.90 Å². The first kappa shape index (κ1) is 14.4. The summed E-state index contributed by atoms with van der Waals surface area (Å²) in [4.78, 5) is 14.7. The van der Waals surface area contributed by atoms with Crippen molar-refractivity contribution in [3.8, 4) is 0 Å². The van der Waals surface area contributed by atoms with Gasteiger partial charge in [-0.05, 0) is 49.8 Å². The zero-order chi connectivity index (χ0) is 14.8. The second-order valence-corrected chi connectivity index (χ2v) is 6.43. The van der Waals surface area contributed by atoms with Crippen LogP contribution in [0.1, 0.15) is 55.3 Å². The van der Waals surface area contributed by atoms with E-state index in [1.807, 2.05) is 4.90 Å². The molecule has 0 spiro atoms. The van der Waals surface area contributed by atoms with Gasteiger partial charge in [0.25, 0.3) is 5.91 Å². The molecule has 1 amide bonds. The fourth-order valence-corrected chi connectivity index (χ4v) is 3.27. The van der Waals surface area contributed by atoms with Crippen molar-refractivity contribution in [3.63, 3.8) is 0 Å². The Morgan fingerprint density at radius 3 is 2.52 bits per heavy atom. The van der Waals surface area contributed by atoms with E-state index < -0.39 is 5.82 Å². The topological polar surface area (TPSA) is 46.3 Å². The highest BCUT2D eigenvalue weighted by molar-refractivity contribution is 5.95. The molecule has 0 radical (unpaired) electrons. The van der Waals surface area contributed by atoms with Crippen molar-refractivity contribution in [2.45, 2.75) is 51.0 Å². The maximum absolute atomic E-state index is 13.3. The summed E-state index contributed by atoms with van der Waals surface area (Å²) in [5.74, 6) is 0.174. The van der Waals surface area contributed by atoms with E-state index in [0.29, 0.717) is 17.5 Å². The lowest BCUT2D eigenvalue weighted by Crippen LogP contribution is -2.37. The molecule has 0 aliphatic heterocycles. The summed E-state index contributed by atoms with van der Waals surface area (Å²) in [5.41, 5.74) is 6.15. The van der Waals surface area contributed by atoms with Crippen LogP contribution >= 0.6 is 0 Å². The zero-order valence-electron chi connectivity index (χ0n) is 12.4. The van der Waals surface area contributed by atoms with E-state index in [0.717, 1.165) is 19.4 Å². The number of nitrogen functional groups attached to an aromatic ring is 1. The molecule has 0 unspecified atom stereocenters. The first-order valence-corrected chi connectivity index (χ1v) is 8.01. The lowest BCUT2D eigenvalue weighted by atomic mass is 9.88. The molecule has 0 bridgehead atoms. The Morgan fingerprint density at radius 1 is 1.19 bits per heavy atom. The van der Waals surface area contributed by atoms with Crippen LogP contribution in [-0.2, 0) is 0 Å². The van der Waals surface area contributed by atoms with Crippen LogP contribution in [0.25, 0.3) is 0 Å². The van der Waals surface area contributed by atoms with Crippen LogP contribution in [0.3, 0.4) is 0 Å². The molecule has 4 heteroatoms. The van der Waals surface area contributed by atoms with Gasteiger partial charge in [0.05, 0.1) is 5.69 Å². The van der Waals surface area contributed by atoms with E-state index in [9.17, 15) is 9.18 Å². The van der Waals surface area contributed by atoms with E-state index in [2.05, 4.69) is 0 Å². The molecule has 1 aromatic rings. The first-order chi connectivity index (χ1) is 10.1. The number of nitrogens with two attached hydrogens (primary N) is 1. The van der Waals surface area contributed by atoms with Crippen molar-refractivity contribution in [1.29, 1.82) is 0 Å². The molecule has 1 aromatic carbocycles. The molecule has 0 atom stereocenters. The lowest BCUT2D eigenvalue weighted by Gasteiger charge is -2.30. The van der Waals surface area contributed by atoms with Gasteiger partial charge in [0.15, 0.2) is 0 Å². The molecular formula is C17H23FN2O. The zero-order valence-corrected chi connectivity index (χ0v) is 12.4. The Morgan fingerprint density at radius 2 is 1.90 bits per heavy atom. The fraction of sp³-hybridized carbons (Fsp3) is 0.588. The summed E-state index contributed by atoms with van der Waals surface area (Å²) >= 11 is 0. The summed E-state index contributed by atoms with van der Waals surface area (Å²) in [5, 5.41) is 0. The number of benzene rings is 1. The smallest absolute Gasteiger partial charge is 0.254 e. The van der Waals surface area contributed by atoms with E-state index >= 15 is 0 Å². The normalized spacial score (nSPS) is 19.5. The molecule has 2 fully saturated rings. The monoisotopic (exact) mass is 290 g/mol. The van der Waals surface area contributed by atoms with Crippen LogP contribution in [0, 0.1) is 11.7 Å². The summed E-state index contributed by atoms with van der Waals surface area (Å²) < 4.78 is 13.3. The first-order valence-electron chi connectivity index (χ1n) is 8.01. The molecule has 2 N–H and O–H groups in total. The van der Waals surface area contributed by atoms with Crippen molar-refractivity contribution in [2.24, 2.45) is 5.92 Å². The second-order valence-electron chi connectivity index (χ2n) is 6.43. The number of hydrogen-bond donors (Lipinski definition) is 1. The van der Waals surface area contributed by atoms with Gasteiger partial charge in [-0.3, -0.25) is 4.79 Å². The Labute approximate surface area is 125 Å². The SMILES string of the molecule is Nc1cc(C(=O)N(CC2CCCCC2)C2CC2)ccc1F. The number of anilines is 1. The minimum Gasteiger partial charge on any atom is -0.396 e. The van der Waals surface area contributed by atoms with Crippen LogP contribution in [0.2, 0.25) is 0 Å². The van der Waals surface area contributed by atoms with Crippen molar-refractivity contribution < 1.29 is 9.18 Å². The number of carbonyl (C=O) groups excluding carboxylic acids is 1. The number of carbonyl (C=O) groups is 1. The maximum Gasteiger partial charge on any atom is 0.254 e. The number of amides is 1. The van der Waals surface area contributed by atoms with Crippen LogP contribution in [0.5, 0.6) is 0 Å². The molecule has 2 aliphatic carbocycles. The number of nitrogens with zero attached hydrogens (tertiary/aromatic N) is 1. The third-order valence-electron chi connectivity index (χ3n) is 4.67. The van der Waals surface area contributed by atoms with Gasteiger partial charge >= 0.3 is 0 Å². The van der Waals surface area contributed by atoms with E-state index in [1.54, 1.807) is 6.07 Å². The van der Waals surface area contributed by atoms with E-state index in [1.165, 1.54) is 44.2 Å². The van der Waals surface area contributed by atoms with Gasteiger partial charge in [-0.1, -0.05) is 19.3 Å².